The van der Waals surface area contributed by atoms with E-state index in [4.69, 9.17) is 9.97 Å². The van der Waals surface area contributed by atoms with Gasteiger partial charge in [0.05, 0.1) is 38.8 Å². The summed E-state index contributed by atoms with van der Waals surface area (Å²) in [5.41, 5.74) is 11.2. The smallest absolute Gasteiger partial charge is 0.235 e. The van der Waals surface area contributed by atoms with E-state index < -0.39 is 0 Å². The van der Waals surface area contributed by atoms with Crippen LogP contribution < -0.4 is 0 Å². The van der Waals surface area contributed by atoms with Crippen LogP contribution in [0, 0.1) is 0 Å². The van der Waals surface area contributed by atoms with Crippen molar-refractivity contribution in [1.29, 1.82) is 0 Å². The van der Waals surface area contributed by atoms with Gasteiger partial charge in [0.25, 0.3) is 0 Å². The largest absolute Gasteiger partial charge is 0.308 e. The highest BCUT2D eigenvalue weighted by Crippen LogP contribution is 2.48. The van der Waals surface area contributed by atoms with Crippen molar-refractivity contribution in [3.05, 3.63) is 182 Å². The van der Waals surface area contributed by atoms with Crippen molar-refractivity contribution in [1.82, 2.24) is 18.9 Å². The van der Waals surface area contributed by atoms with Crippen molar-refractivity contribution in [2.75, 3.05) is 0 Å². The first-order chi connectivity index (χ1) is 27.8. The Hall–Kier alpha value is -7.56. The minimum absolute atomic E-state index is 0.660. The number of para-hydroxylation sites is 2. The lowest BCUT2D eigenvalue weighted by molar-refractivity contribution is 1.02. The first-order valence-corrected chi connectivity index (χ1v) is 19.2. The molecule has 0 atom stereocenters. The molecule has 13 aromatic rings. The Morgan fingerprint density at radius 2 is 0.929 bits per heavy atom. The molecule has 9 aromatic carbocycles. The zero-order valence-corrected chi connectivity index (χ0v) is 30.1. The third-order valence-corrected chi connectivity index (χ3v) is 12.0. The molecule has 4 heterocycles. The van der Waals surface area contributed by atoms with E-state index in [2.05, 4.69) is 191 Å². The van der Waals surface area contributed by atoms with Crippen LogP contribution in [-0.4, -0.2) is 18.9 Å². The van der Waals surface area contributed by atoms with E-state index in [1.165, 1.54) is 76.2 Å². The topological polar surface area (TPSA) is 35.1 Å². The molecule has 0 aliphatic rings. The van der Waals surface area contributed by atoms with Gasteiger partial charge in [0.1, 0.15) is 0 Å². The normalized spacial score (nSPS) is 12.3. The molecule has 0 N–H and O–H groups in total. The molecular weight excluding hydrogens is 681 g/mol. The van der Waals surface area contributed by atoms with Gasteiger partial charge in [0.2, 0.25) is 5.95 Å². The number of nitrogens with zero attached hydrogens (tertiary/aromatic N) is 4. The fourth-order valence-corrected chi connectivity index (χ4v) is 9.64. The highest BCUT2D eigenvalue weighted by molar-refractivity contribution is 6.38. The molecule has 13 rings (SSSR count). The number of fused-ring (bicyclic) bond motifs is 15. The van der Waals surface area contributed by atoms with Gasteiger partial charge < -0.3 is 4.40 Å². The highest BCUT2D eigenvalue weighted by Gasteiger charge is 2.26. The monoisotopic (exact) mass is 710 g/mol. The minimum Gasteiger partial charge on any atom is -0.308 e. The van der Waals surface area contributed by atoms with Gasteiger partial charge in [-0.2, -0.15) is 0 Å². The number of benzene rings is 9. The molecule has 4 nitrogen and oxygen atoms in total. The molecule has 0 saturated heterocycles. The molecule has 0 unspecified atom stereocenters. The van der Waals surface area contributed by atoms with Crippen molar-refractivity contribution in [2.24, 2.45) is 0 Å². The third-order valence-electron chi connectivity index (χ3n) is 12.0. The van der Waals surface area contributed by atoms with E-state index in [0.717, 1.165) is 38.6 Å². The van der Waals surface area contributed by atoms with Gasteiger partial charge in [-0.15, -0.1) is 0 Å². The lowest BCUT2D eigenvalue weighted by Crippen LogP contribution is -2.03. The van der Waals surface area contributed by atoms with Gasteiger partial charge >= 0.3 is 0 Å². The number of aromatic nitrogens is 4. The molecule has 0 spiro atoms. The summed E-state index contributed by atoms with van der Waals surface area (Å²) >= 11 is 0. The van der Waals surface area contributed by atoms with E-state index in [9.17, 15) is 0 Å². The van der Waals surface area contributed by atoms with Crippen LogP contribution in [0.4, 0.5) is 0 Å². The average Bonchev–Trinajstić information content (AvgIpc) is 3.91. The summed E-state index contributed by atoms with van der Waals surface area (Å²) < 4.78 is 4.80. The number of rotatable bonds is 3. The van der Waals surface area contributed by atoms with Gasteiger partial charge in [-0.25, -0.2) is 9.97 Å². The van der Waals surface area contributed by atoms with E-state index in [-0.39, 0.29) is 0 Å². The molecule has 0 aliphatic carbocycles. The zero-order chi connectivity index (χ0) is 36.5. The van der Waals surface area contributed by atoms with E-state index in [1.807, 2.05) is 0 Å². The highest BCUT2D eigenvalue weighted by atomic mass is 15.2. The maximum Gasteiger partial charge on any atom is 0.235 e. The van der Waals surface area contributed by atoms with E-state index in [1.54, 1.807) is 0 Å². The van der Waals surface area contributed by atoms with Crippen molar-refractivity contribution >= 4 is 92.3 Å². The molecule has 0 amide bonds. The molecule has 4 heteroatoms. The van der Waals surface area contributed by atoms with Crippen LogP contribution in [0.15, 0.2) is 182 Å². The van der Waals surface area contributed by atoms with Gasteiger partial charge in [0, 0.05) is 43.3 Å². The van der Waals surface area contributed by atoms with Crippen LogP contribution in [-0.2, 0) is 0 Å². The first kappa shape index (κ1) is 29.8. The average molecular weight is 711 g/mol. The Labute approximate surface area is 320 Å². The van der Waals surface area contributed by atoms with Gasteiger partial charge in [-0.1, -0.05) is 152 Å². The van der Waals surface area contributed by atoms with Crippen LogP contribution >= 0.6 is 0 Å². The summed E-state index contributed by atoms with van der Waals surface area (Å²) in [6, 6.07) is 65.7. The number of hydrogen-bond donors (Lipinski definition) is 0. The number of hydrogen-bond acceptors (Lipinski definition) is 2. The van der Waals surface area contributed by atoms with Crippen LogP contribution in [0.3, 0.4) is 0 Å². The Bertz CT molecular complexity index is 3740. The molecule has 258 valence electrons. The fourth-order valence-electron chi connectivity index (χ4n) is 9.64. The van der Waals surface area contributed by atoms with Crippen LogP contribution in [0.5, 0.6) is 0 Å². The Morgan fingerprint density at radius 1 is 0.339 bits per heavy atom. The van der Waals surface area contributed by atoms with Gasteiger partial charge in [-0.05, 0) is 63.0 Å². The van der Waals surface area contributed by atoms with Gasteiger partial charge in [-0.3, -0.25) is 4.57 Å². The summed E-state index contributed by atoms with van der Waals surface area (Å²) in [5.74, 6) is 0.660. The summed E-state index contributed by atoms with van der Waals surface area (Å²) in [4.78, 5) is 11.1. The summed E-state index contributed by atoms with van der Waals surface area (Å²) in [6.07, 6.45) is 0. The maximum atomic E-state index is 5.61. The van der Waals surface area contributed by atoms with Crippen molar-refractivity contribution < 1.29 is 0 Å². The summed E-state index contributed by atoms with van der Waals surface area (Å²) in [7, 11) is 0. The molecule has 0 radical (unpaired) electrons. The molecule has 0 fully saturated rings. The molecule has 0 aliphatic heterocycles. The minimum atomic E-state index is 0.660. The van der Waals surface area contributed by atoms with Crippen LogP contribution in [0.25, 0.3) is 121 Å². The molecule has 4 aromatic heterocycles. The lowest BCUT2D eigenvalue weighted by atomic mass is 9.98. The van der Waals surface area contributed by atoms with E-state index in [0.29, 0.717) is 5.95 Å². The molecule has 0 saturated carbocycles. The summed E-state index contributed by atoms with van der Waals surface area (Å²) in [6.45, 7) is 0. The predicted octanol–water partition coefficient (Wildman–Crippen LogP) is 13.5. The van der Waals surface area contributed by atoms with Crippen molar-refractivity contribution in [3.8, 4) is 28.3 Å². The third kappa shape index (κ3) is 3.92. The zero-order valence-electron chi connectivity index (χ0n) is 30.1. The van der Waals surface area contributed by atoms with Crippen LogP contribution in [0.1, 0.15) is 0 Å². The van der Waals surface area contributed by atoms with Crippen molar-refractivity contribution in [3.63, 3.8) is 0 Å². The Kier molecular flexibility index (Phi) is 5.86. The molecule has 0 bridgehead atoms. The molecular formula is C52H30N4. The van der Waals surface area contributed by atoms with E-state index >= 15 is 0 Å². The second-order valence-corrected chi connectivity index (χ2v) is 14.9. The van der Waals surface area contributed by atoms with Crippen LogP contribution in [0.2, 0.25) is 0 Å². The quantitative estimate of drug-likeness (QED) is 0.171. The fraction of sp³-hybridized carbons (Fsp3) is 0. The Morgan fingerprint density at radius 3 is 1.71 bits per heavy atom. The Balaban J connectivity index is 1.19. The second kappa shape index (κ2) is 11.0. The second-order valence-electron chi connectivity index (χ2n) is 14.9. The predicted molar refractivity (Wildman–Crippen MR) is 234 cm³/mol. The SMILES string of the molecule is c1ccc(-c2ccc(-c3nc(-n4c5ccccc5c5c6c7c8ccccc8ccc7n7c8ccccc8c(cc54)c67)nc4ccc5ccccc5c34)cc2)cc1. The van der Waals surface area contributed by atoms with Gasteiger partial charge in [0.15, 0.2) is 0 Å². The first-order valence-electron chi connectivity index (χ1n) is 19.2. The maximum absolute atomic E-state index is 5.61. The lowest BCUT2D eigenvalue weighted by Gasteiger charge is -2.14. The summed E-state index contributed by atoms with van der Waals surface area (Å²) in [5, 5.41) is 13.3. The molecule has 56 heavy (non-hydrogen) atoms. The standard InChI is InChI=1S/C52H30N4/c1-2-12-31(13-3-1)32-22-24-35(25-23-32)50-46-36-16-6-4-14-33(36)26-28-41(46)53-52(54-50)56-43-21-11-9-19-39(43)48-45(56)30-40-38-18-8-10-20-42(38)55-44-29-27-34-15-5-7-17-37(34)47(44)49(48)51(40)55/h1-30H. The van der Waals surface area contributed by atoms with Crippen molar-refractivity contribution in [2.45, 2.75) is 0 Å².